The van der Waals surface area contributed by atoms with E-state index < -0.39 is 0 Å². The molecule has 0 bridgehead atoms. The van der Waals surface area contributed by atoms with E-state index >= 15 is 0 Å². The van der Waals surface area contributed by atoms with Gasteiger partial charge in [-0.05, 0) is 30.3 Å². The number of aromatic nitrogens is 1. The molecule has 5 heteroatoms. The van der Waals surface area contributed by atoms with Gasteiger partial charge < -0.3 is 14.3 Å². The van der Waals surface area contributed by atoms with Crippen LogP contribution >= 0.6 is 0 Å². The molecule has 0 radical (unpaired) electrons. The van der Waals surface area contributed by atoms with Crippen molar-refractivity contribution in [1.29, 1.82) is 0 Å². The number of benzene rings is 1. The second-order valence-electron chi connectivity index (χ2n) is 3.94. The van der Waals surface area contributed by atoms with Crippen molar-refractivity contribution in [2.24, 2.45) is 5.16 Å². The Labute approximate surface area is 110 Å². The molecule has 0 fully saturated rings. The third-order valence-electron chi connectivity index (χ3n) is 2.61. The topological polar surface area (TPSA) is 52.9 Å². The Balaban J connectivity index is 1.58. The van der Waals surface area contributed by atoms with Gasteiger partial charge in [-0.25, -0.2) is 0 Å². The van der Waals surface area contributed by atoms with Crippen LogP contribution in [-0.4, -0.2) is 18.0 Å². The zero-order chi connectivity index (χ0) is 12.9. The second-order valence-corrected chi connectivity index (χ2v) is 3.94. The molecule has 0 aliphatic carbocycles. The first kappa shape index (κ1) is 11.5. The molecule has 1 aliphatic rings. The van der Waals surface area contributed by atoms with Crippen LogP contribution in [0.5, 0.6) is 11.5 Å². The molecule has 1 aromatic carbocycles. The van der Waals surface area contributed by atoms with E-state index in [9.17, 15) is 0 Å². The van der Waals surface area contributed by atoms with Gasteiger partial charge in [0.05, 0.1) is 11.9 Å². The largest absolute Gasteiger partial charge is 0.454 e. The number of ether oxygens (including phenoxy) is 2. The van der Waals surface area contributed by atoms with E-state index in [0.717, 1.165) is 22.8 Å². The maximum absolute atomic E-state index is 5.28. The summed E-state index contributed by atoms with van der Waals surface area (Å²) in [6.07, 6.45) is 3.35. The Kier molecular flexibility index (Phi) is 3.27. The van der Waals surface area contributed by atoms with Crippen LogP contribution in [0.15, 0.2) is 47.8 Å². The minimum Gasteiger partial charge on any atom is -0.454 e. The van der Waals surface area contributed by atoms with Crippen molar-refractivity contribution in [2.45, 2.75) is 6.61 Å². The maximum Gasteiger partial charge on any atom is 0.231 e. The molecule has 0 unspecified atom stereocenters. The van der Waals surface area contributed by atoms with Gasteiger partial charge in [0.2, 0.25) is 6.79 Å². The van der Waals surface area contributed by atoms with Crippen molar-refractivity contribution in [3.8, 4) is 11.5 Å². The molecule has 0 N–H and O–H groups in total. The average molecular weight is 256 g/mol. The van der Waals surface area contributed by atoms with Crippen LogP contribution in [0.1, 0.15) is 11.3 Å². The zero-order valence-electron chi connectivity index (χ0n) is 10.2. The van der Waals surface area contributed by atoms with Crippen LogP contribution in [-0.2, 0) is 11.4 Å². The number of nitrogens with zero attached hydrogens (tertiary/aromatic N) is 2. The lowest BCUT2D eigenvalue weighted by atomic mass is 10.2. The maximum atomic E-state index is 5.28. The number of rotatable bonds is 4. The molecular weight excluding hydrogens is 244 g/mol. The molecule has 1 aromatic heterocycles. The van der Waals surface area contributed by atoms with Crippen LogP contribution < -0.4 is 9.47 Å². The summed E-state index contributed by atoms with van der Waals surface area (Å²) in [6, 6.07) is 11.3. The Morgan fingerprint density at radius 1 is 1.21 bits per heavy atom. The van der Waals surface area contributed by atoms with Gasteiger partial charge in [-0.1, -0.05) is 11.2 Å². The monoisotopic (exact) mass is 256 g/mol. The lowest BCUT2D eigenvalue weighted by Gasteiger charge is -1.99. The Hall–Kier alpha value is -2.56. The van der Waals surface area contributed by atoms with Crippen molar-refractivity contribution in [3.05, 3.63) is 53.9 Å². The van der Waals surface area contributed by atoms with Gasteiger partial charge >= 0.3 is 0 Å². The molecule has 1 aliphatic heterocycles. The fourth-order valence-electron chi connectivity index (χ4n) is 1.68. The number of fused-ring (bicyclic) bond motifs is 1. The van der Waals surface area contributed by atoms with Gasteiger partial charge in [-0.3, -0.25) is 4.98 Å². The molecule has 2 aromatic rings. The van der Waals surface area contributed by atoms with Gasteiger partial charge in [-0.2, -0.15) is 0 Å². The van der Waals surface area contributed by atoms with E-state index in [1.54, 1.807) is 12.4 Å². The smallest absolute Gasteiger partial charge is 0.231 e. The van der Waals surface area contributed by atoms with E-state index in [-0.39, 0.29) is 6.79 Å². The summed E-state index contributed by atoms with van der Waals surface area (Å²) in [6.45, 7) is 0.619. The lowest BCUT2D eigenvalue weighted by Crippen LogP contribution is -1.93. The predicted octanol–water partition coefficient (Wildman–Crippen LogP) is 2.36. The minimum absolute atomic E-state index is 0.270. The zero-order valence-corrected chi connectivity index (χ0v) is 10.2. The quantitative estimate of drug-likeness (QED) is 0.622. The summed E-state index contributed by atoms with van der Waals surface area (Å²) in [5, 5.41) is 3.90. The first-order valence-corrected chi connectivity index (χ1v) is 5.87. The summed E-state index contributed by atoms with van der Waals surface area (Å²) in [4.78, 5) is 9.31. The summed E-state index contributed by atoms with van der Waals surface area (Å²) < 4.78 is 10.5. The molecule has 19 heavy (non-hydrogen) atoms. The molecule has 0 atom stereocenters. The highest BCUT2D eigenvalue weighted by molar-refractivity contribution is 5.80. The van der Waals surface area contributed by atoms with Gasteiger partial charge in [0.15, 0.2) is 18.1 Å². The fraction of sp³-hybridized carbons (Fsp3) is 0.143. The SMILES string of the molecule is C(=NOCc1ccccn1)c1ccc2c(c1)OCO2. The van der Waals surface area contributed by atoms with Crippen molar-refractivity contribution in [3.63, 3.8) is 0 Å². The van der Waals surface area contributed by atoms with E-state index in [2.05, 4.69) is 10.1 Å². The molecule has 2 heterocycles. The van der Waals surface area contributed by atoms with Crippen molar-refractivity contribution >= 4 is 6.21 Å². The summed E-state index contributed by atoms with van der Waals surface area (Å²) in [5.41, 5.74) is 1.73. The third kappa shape index (κ3) is 2.82. The average Bonchev–Trinajstić information content (AvgIpc) is 2.92. The summed E-state index contributed by atoms with van der Waals surface area (Å²) in [7, 11) is 0. The number of hydrogen-bond acceptors (Lipinski definition) is 5. The fourth-order valence-corrected chi connectivity index (χ4v) is 1.68. The molecule has 0 amide bonds. The second kappa shape index (κ2) is 5.39. The highest BCUT2D eigenvalue weighted by Gasteiger charge is 2.12. The third-order valence-corrected chi connectivity index (χ3v) is 2.61. The first-order valence-electron chi connectivity index (χ1n) is 5.87. The van der Waals surface area contributed by atoms with Crippen LogP contribution in [0.2, 0.25) is 0 Å². The molecule has 5 nitrogen and oxygen atoms in total. The van der Waals surface area contributed by atoms with Crippen LogP contribution in [0.4, 0.5) is 0 Å². The number of hydrogen-bond donors (Lipinski definition) is 0. The molecule has 0 saturated heterocycles. The first-order chi connectivity index (χ1) is 9.42. The molecule has 3 rings (SSSR count). The van der Waals surface area contributed by atoms with E-state index in [4.69, 9.17) is 14.3 Å². The highest BCUT2D eigenvalue weighted by Crippen LogP contribution is 2.31. The minimum atomic E-state index is 0.270. The highest BCUT2D eigenvalue weighted by atomic mass is 16.7. The Morgan fingerprint density at radius 3 is 3.05 bits per heavy atom. The van der Waals surface area contributed by atoms with Crippen molar-refractivity contribution < 1.29 is 14.3 Å². The Morgan fingerprint density at radius 2 is 2.16 bits per heavy atom. The number of oxime groups is 1. The number of pyridine rings is 1. The van der Waals surface area contributed by atoms with Crippen LogP contribution in [0.3, 0.4) is 0 Å². The molecule has 0 spiro atoms. The van der Waals surface area contributed by atoms with Crippen LogP contribution in [0, 0.1) is 0 Å². The normalized spacial score (nSPS) is 12.8. The summed E-state index contributed by atoms with van der Waals surface area (Å²) in [5.74, 6) is 1.49. The van der Waals surface area contributed by atoms with Gasteiger partial charge in [0.1, 0.15) is 0 Å². The van der Waals surface area contributed by atoms with Gasteiger partial charge in [0, 0.05) is 11.8 Å². The lowest BCUT2D eigenvalue weighted by molar-refractivity contribution is 0.129. The van der Waals surface area contributed by atoms with Gasteiger partial charge in [0.25, 0.3) is 0 Å². The molecule has 0 saturated carbocycles. The summed E-state index contributed by atoms with van der Waals surface area (Å²) >= 11 is 0. The predicted molar refractivity (Wildman–Crippen MR) is 69.2 cm³/mol. The van der Waals surface area contributed by atoms with Crippen LogP contribution in [0.25, 0.3) is 0 Å². The molecular formula is C14H12N2O3. The van der Waals surface area contributed by atoms with Gasteiger partial charge in [-0.15, -0.1) is 0 Å². The standard InChI is InChI=1S/C14H12N2O3/c1-2-6-15-12(3-1)9-19-16-8-11-4-5-13-14(7-11)18-10-17-13/h1-8H,9-10H2. The van der Waals surface area contributed by atoms with Crippen molar-refractivity contribution in [1.82, 2.24) is 4.98 Å². The Bertz CT molecular complexity index is 584. The van der Waals surface area contributed by atoms with E-state index in [1.165, 1.54) is 0 Å². The van der Waals surface area contributed by atoms with E-state index in [0.29, 0.717) is 6.61 Å². The molecule has 96 valence electrons. The van der Waals surface area contributed by atoms with E-state index in [1.807, 2.05) is 36.4 Å². The van der Waals surface area contributed by atoms with Crippen molar-refractivity contribution in [2.75, 3.05) is 6.79 Å².